The topological polar surface area (TPSA) is 55.6 Å². The number of hydrogen-bond donors (Lipinski definition) is 1. The van der Waals surface area contributed by atoms with E-state index in [0.717, 1.165) is 40.9 Å². The second kappa shape index (κ2) is 5.97. The van der Waals surface area contributed by atoms with Crippen LogP contribution in [0.4, 0.5) is 0 Å². The van der Waals surface area contributed by atoms with Crippen molar-refractivity contribution in [3.8, 4) is 5.69 Å². The molecular formula is C16H22ClN5. The molecule has 1 aliphatic rings. The van der Waals surface area contributed by atoms with Crippen molar-refractivity contribution in [2.75, 3.05) is 7.05 Å². The maximum absolute atomic E-state index is 6.26. The largest absolute Gasteiger partial charge is 0.308 e. The van der Waals surface area contributed by atoms with E-state index in [1.54, 1.807) is 0 Å². The van der Waals surface area contributed by atoms with Crippen LogP contribution in [0.2, 0.25) is 5.02 Å². The van der Waals surface area contributed by atoms with E-state index in [2.05, 4.69) is 27.8 Å². The van der Waals surface area contributed by atoms with Crippen LogP contribution in [-0.4, -0.2) is 27.3 Å². The minimum Gasteiger partial charge on any atom is -0.308 e. The van der Waals surface area contributed by atoms with Crippen LogP contribution in [0.25, 0.3) is 5.69 Å². The van der Waals surface area contributed by atoms with Crippen LogP contribution >= 0.6 is 11.6 Å². The van der Waals surface area contributed by atoms with E-state index in [9.17, 15) is 0 Å². The minimum absolute atomic E-state index is 0.162. The number of hydrogen-bond acceptors (Lipinski definition) is 4. The lowest BCUT2D eigenvalue weighted by atomic mass is 9.76. The Hall–Kier alpha value is -1.46. The van der Waals surface area contributed by atoms with Gasteiger partial charge in [0.1, 0.15) is 0 Å². The first-order valence-electron chi connectivity index (χ1n) is 7.80. The van der Waals surface area contributed by atoms with E-state index in [-0.39, 0.29) is 5.54 Å². The van der Waals surface area contributed by atoms with Crippen molar-refractivity contribution in [2.24, 2.45) is 5.92 Å². The third kappa shape index (κ3) is 2.52. The summed E-state index contributed by atoms with van der Waals surface area (Å²) >= 11 is 6.26. The highest BCUT2D eigenvalue weighted by Gasteiger charge is 2.39. The Labute approximate surface area is 136 Å². The Bertz CT molecular complexity index is 658. The Balaban J connectivity index is 2.06. The first kappa shape index (κ1) is 15.4. The molecule has 22 heavy (non-hydrogen) atoms. The predicted octanol–water partition coefficient (Wildman–Crippen LogP) is 3.25. The normalized spacial score (nSPS) is 25.4. The zero-order valence-corrected chi connectivity index (χ0v) is 14.1. The molecule has 2 aromatic rings. The van der Waals surface area contributed by atoms with Gasteiger partial charge in [0.25, 0.3) is 0 Å². The van der Waals surface area contributed by atoms with Gasteiger partial charge in [-0.1, -0.05) is 24.6 Å². The van der Waals surface area contributed by atoms with Crippen LogP contribution in [0, 0.1) is 12.8 Å². The SMILES string of the molecule is CNC1(c2nnnn2-c2cccc(Cl)c2C)CCC(C)CC1. The first-order chi connectivity index (χ1) is 10.6. The van der Waals surface area contributed by atoms with Crippen molar-refractivity contribution < 1.29 is 0 Å². The van der Waals surface area contributed by atoms with E-state index in [4.69, 9.17) is 11.6 Å². The lowest BCUT2D eigenvalue weighted by Gasteiger charge is -2.38. The average Bonchev–Trinajstić information content (AvgIpc) is 3.01. The van der Waals surface area contributed by atoms with Gasteiger partial charge < -0.3 is 5.32 Å². The molecule has 1 aliphatic carbocycles. The van der Waals surface area contributed by atoms with Crippen LogP contribution in [-0.2, 0) is 5.54 Å². The highest BCUT2D eigenvalue weighted by atomic mass is 35.5. The van der Waals surface area contributed by atoms with Gasteiger partial charge in [-0.25, -0.2) is 0 Å². The van der Waals surface area contributed by atoms with Crippen molar-refractivity contribution in [3.05, 3.63) is 34.6 Å². The van der Waals surface area contributed by atoms with Crippen molar-refractivity contribution >= 4 is 11.6 Å². The molecule has 1 aromatic heterocycles. The molecule has 1 aromatic carbocycles. The third-order valence-electron chi connectivity index (χ3n) is 4.97. The van der Waals surface area contributed by atoms with Gasteiger partial charge in [0.15, 0.2) is 5.82 Å². The molecule has 0 aliphatic heterocycles. The summed E-state index contributed by atoms with van der Waals surface area (Å²) in [6, 6.07) is 5.83. The van der Waals surface area contributed by atoms with Crippen LogP contribution in [0.15, 0.2) is 18.2 Å². The number of nitrogens with one attached hydrogen (secondary N) is 1. The Kier molecular flexibility index (Phi) is 4.19. The highest BCUT2D eigenvalue weighted by molar-refractivity contribution is 6.31. The fraction of sp³-hybridized carbons (Fsp3) is 0.562. The van der Waals surface area contributed by atoms with Gasteiger partial charge >= 0.3 is 0 Å². The van der Waals surface area contributed by atoms with E-state index in [0.29, 0.717) is 0 Å². The summed E-state index contributed by atoms with van der Waals surface area (Å²) in [6.45, 7) is 4.31. The molecule has 1 saturated carbocycles. The lowest BCUT2D eigenvalue weighted by Crippen LogP contribution is -2.45. The number of nitrogens with zero attached hydrogens (tertiary/aromatic N) is 4. The van der Waals surface area contributed by atoms with Gasteiger partial charge in [-0.2, -0.15) is 4.68 Å². The summed E-state index contributed by atoms with van der Waals surface area (Å²) < 4.78 is 1.84. The Morgan fingerprint density at radius 3 is 2.73 bits per heavy atom. The Morgan fingerprint density at radius 2 is 2.05 bits per heavy atom. The summed E-state index contributed by atoms with van der Waals surface area (Å²) in [5, 5.41) is 16.7. The van der Waals surface area contributed by atoms with E-state index in [1.165, 1.54) is 12.8 Å². The van der Waals surface area contributed by atoms with Gasteiger partial charge in [-0.05, 0) is 73.7 Å². The molecule has 1 N–H and O–H groups in total. The predicted molar refractivity (Wildman–Crippen MR) is 87.3 cm³/mol. The number of benzene rings is 1. The molecule has 0 radical (unpaired) electrons. The second-order valence-electron chi connectivity index (χ2n) is 6.31. The van der Waals surface area contributed by atoms with Crippen molar-refractivity contribution in [1.82, 2.24) is 25.5 Å². The molecule has 0 spiro atoms. The van der Waals surface area contributed by atoms with Gasteiger partial charge in [-0.3, -0.25) is 0 Å². The van der Waals surface area contributed by atoms with Crippen LogP contribution in [0.1, 0.15) is 44.0 Å². The molecule has 6 heteroatoms. The van der Waals surface area contributed by atoms with Gasteiger partial charge in [-0.15, -0.1) is 5.10 Å². The van der Waals surface area contributed by atoms with E-state index < -0.39 is 0 Å². The second-order valence-corrected chi connectivity index (χ2v) is 6.72. The summed E-state index contributed by atoms with van der Waals surface area (Å²) in [5.41, 5.74) is 1.78. The van der Waals surface area contributed by atoms with Crippen LogP contribution in [0.5, 0.6) is 0 Å². The summed E-state index contributed by atoms with van der Waals surface area (Å²) in [6.07, 6.45) is 4.46. The molecule has 3 rings (SSSR count). The average molecular weight is 320 g/mol. The van der Waals surface area contributed by atoms with Crippen molar-refractivity contribution in [2.45, 2.75) is 45.1 Å². The maximum atomic E-state index is 6.26. The molecule has 0 bridgehead atoms. The molecule has 0 unspecified atom stereocenters. The van der Waals surface area contributed by atoms with Gasteiger partial charge in [0.05, 0.1) is 11.2 Å². The maximum Gasteiger partial charge on any atom is 0.176 e. The molecule has 0 amide bonds. The standard InChI is InChI=1S/C16H22ClN5/c1-11-7-9-16(18-3,10-8-11)15-19-20-21-22(15)14-6-4-5-13(17)12(14)2/h4-6,11,18H,7-10H2,1-3H3. The smallest absolute Gasteiger partial charge is 0.176 e. The molecule has 1 heterocycles. The lowest BCUT2D eigenvalue weighted by molar-refractivity contribution is 0.194. The quantitative estimate of drug-likeness (QED) is 0.943. The van der Waals surface area contributed by atoms with Crippen molar-refractivity contribution in [3.63, 3.8) is 0 Å². The zero-order chi connectivity index (χ0) is 15.7. The Morgan fingerprint density at radius 1 is 1.32 bits per heavy atom. The fourth-order valence-electron chi connectivity index (χ4n) is 3.31. The monoisotopic (exact) mass is 319 g/mol. The summed E-state index contributed by atoms with van der Waals surface area (Å²) in [5.74, 6) is 1.64. The number of halogens is 1. The summed E-state index contributed by atoms with van der Waals surface area (Å²) in [7, 11) is 2.00. The number of aromatic nitrogens is 4. The van der Waals surface area contributed by atoms with E-state index in [1.807, 2.05) is 36.9 Å². The molecule has 5 nitrogen and oxygen atoms in total. The van der Waals surface area contributed by atoms with Crippen LogP contribution in [0.3, 0.4) is 0 Å². The molecule has 118 valence electrons. The van der Waals surface area contributed by atoms with Crippen LogP contribution < -0.4 is 5.32 Å². The third-order valence-corrected chi connectivity index (χ3v) is 5.38. The van der Waals surface area contributed by atoms with Gasteiger partial charge in [0, 0.05) is 5.02 Å². The molecule has 1 fully saturated rings. The first-order valence-corrected chi connectivity index (χ1v) is 8.18. The van der Waals surface area contributed by atoms with Crippen molar-refractivity contribution in [1.29, 1.82) is 0 Å². The minimum atomic E-state index is -0.162. The number of tetrazole rings is 1. The molecule has 0 saturated heterocycles. The van der Waals surface area contributed by atoms with E-state index >= 15 is 0 Å². The zero-order valence-electron chi connectivity index (χ0n) is 13.3. The molecular weight excluding hydrogens is 298 g/mol. The highest BCUT2D eigenvalue weighted by Crippen LogP contribution is 2.39. The molecule has 0 atom stereocenters. The number of rotatable bonds is 3. The van der Waals surface area contributed by atoms with Gasteiger partial charge in [0.2, 0.25) is 0 Å². The fourth-order valence-corrected chi connectivity index (χ4v) is 3.48. The summed E-state index contributed by atoms with van der Waals surface area (Å²) in [4.78, 5) is 0.